The van der Waals surface area contributed by atoms with Gasteiger partial charge in [-0.1, -0.05) is 110 Å². The molecule has 0 aromatic rings. The van der Waals surface area contributed by atoms with E-state index in [1.807, 2.05) is 0 Å². The Hall–Kier alpha value is 0.870. The zero-order chi connectivity index (χ0) is 21.8. The van der Waals surface area contributed by atoms with Crippen LogP contribution in [0.4, 0.5) is 0 Å². The van der Waals surface area contributed by atoms with Crippen molar-refractivity contribution in [1.29, 1.82) is 0 Å². The molecule has 176 valence electrons. The predicted molar refractivity (Wildman–Crippen MR) is 123 cm³/mol. The van der Waals surface area contributed by atoms with E-state index in [1.165, 1.54) is 64.2 Å². The van der Waals surface area contributed by atoms with Crippen molar-refractivity contribution in [1.82, 2.24) is 0 Å². The summed E-state index contributed by atoms with van der Waals surface area (Å²) in [6.07, 6.45) is 20.4. The summed E-state index contributed by atoms with van der Waals surface area (Å²) in [5.41, 5.74) is 0. The Morgan fingerprint density at radius 2 is 0.933 bits per heavy atom. The van der Waals surface area contributed by atoms with Crippen LogP contribution in [0.1, 0.15) is 142 Å². The van der Waals surface area contributed by atoms with Crippen LogP contribution in [0.15, 0.2) is 0 Å². The summed E-state index contributed by atoms with van der Waals surface area (Å²) < 4.78 is 34.6. The number of aliphatic hydroxyl groups excluding tert-OH is 1. The minimum Gasteiger partial charge on any atom is -0.748 e. The van der Waals surface area contributed by atoms with Gasteiger partial charge in [0.1, 0.15) is 0 Å². The SMILES string of the molecule is CCCCCCCCCCC(CCCC(O)CCCCCCCCC)S(=O)(=O)[O-].[Na+]. The van der Waals surface area contributed by atoms with Crippen molar-refractivity contribution in [3.63, 3.8) is 0 Å². The molecule has 30 heavy (non-hydrogen) atoms. The summed E-state index contributed by atoms with van der Waals surface area (Å²) in [5, 5.41) is 9.34. The minimum atomic E-state index is -4.23. The van der Waals surface area contributed by atoms with Crippen molar-refractivity contribution >= 4 is 10.1 Å². The quantitative estimate of drug-likeness (QED) is 0.151. The molecule has 0 aliphatic rings. The van der Waals surface area contributed by atoms with Gasteiger partial charge in [0.15, 0.2) is 0 Å². The molecule has 4 nitrogen and oxygen atoms in total. The standard InChI is InChI=1S/C24H50O4S.Na/c1-3-5-7-9-11-13-15-17-21-24(29(26,27)28)22-18-20-23(25)19-16-14-12-10-8-6-4-2;/h23-25H,3-22H2,1-2H3,(H,26,27,28);/q;+1/p-1. The molecule has 6 heteroatoms. The minimum absolute atomic E-state index is 0. The molecule has 0 spiro atoms. The molecule has 0 radical (unpaired) electrons. The van der Waals surface area contributed by atoms with Gasteiger partial charge in [-0.25, -0.2) is 8.42 Å². The maximum Gasteiger partial charge on any atom is 1.00 e. The molecule has 0 aromatic carbocycles. The molecule has 1 N–H and O–H groups in total. The van der Waals surface area contributed by atoms with Crippen LogP contribution in [0.25, 0.3) is 0 Å². The fraction of sp³-hybridized carbons (Fsp3) is 1.00. The summed E-state index contributed by atoms with van der Waals surface area (Å²) in [7, 11) is -4.23. The van der Waals surface area contributed by atoms with E-state index < -0.39 is 15.4 Å². The van der Waals surface area contributed by atoms with Crippen LogP contribution in [0, 0.1) is 0 Å². The van der Waals surface area contributed by atoms with E-state index in [2.05, 4.69) is 13.8 Å². The predicted octanol–water partition coefficient (Wildman–Crippen LogP) is 4.11. The average molecular weight is 457 g/mol. The van der Waals surface area contributed by atoms with E-state index >= 15 is 0 Å². The van der Waals surface area contributed by atoms with Crippen molar-refractivity contribution < 1.29 is 47.6 Å². The topological polar surface area (TPSA) is 77.4 Å². The second-order valence-corrected chi connectivity index (χ2v) is 10.5. The van der Waals surface area contributed by atoms with Crippen LogP contribution in [-0.4, -0.2) is 29.4 Å². The Kier molecular flexibility index (Phi) is 25.4. The van der Waals surface area contributed by atoms with Gasteiger partial charge in [-0.2, -0.15) is 0 Å². The molecule has 0 fully saturated rings. The first-order valence-corrected chi connectivity index (χ1v) is 14.0. The normalized spacial score (nSPS) is 13.7. The fourth-order valence-corrected chi connectivity index (χ4v) is 4.91. The smallest absolute Gasteiger partial charge is 0.748 e. The molecule has 0 saturated heterocycles. The second-order valence-electron chi connectivity index (χ2n) is 8.87. The average Bonchev–Trinajstić information content (AvgIpc) is 2.67. The Labute approximate surface area is 210 Å². The number of aliphatic hydroxyl groups is 1. The first-order chi connectivity index (χ1) is 13.9. The van der Waals surface area contributed by atoms with Crippen molar-refractivity contribution in [3.05, 3.63) is 0 Å². The van der Waals surface area contributed by atoms with Crippen LogP contribution in [0.5, 0.6) is 0 Å². The van der Waals surface area contributed by atoms with Crippen molar-refractivity contribution in [2.75, 3.05) is 0 Å². The molecular weight excluding hydrogens is 407 g/mol. The van der Waals surface area contributed by atoms with Gasteiger partial charge in [0.2, 0.25) is 0 Å². The third kappa shape index (κ3) is 22.1. The van der Waals surface area contributed by atoms with Crippen LogP contribution >= 0.6 is 0 Å². The molecule has 0 aliphatic carbocycles. The van der Waals surface area contributed by atoms with E-state index in [0.29, 0.717) is 25.7 Å². The third-order valence-electron chi connectivity index (χ3n) is 5.99. The summed E-state index contributed by atoms with van der Waals surface area (Å²) in [6, 6.07) is 0. The van der Waals surface area contributed by atoms with Gasteiger partial charge in [-0.05, 0) is 32.1 Å². The van der Waals surface area contributed by atoms with Crippen LogP contribution in [0.2, 0.25) is 0 Å². The Morgan fingerprint density at radius 3 is 1.37 bits per heavy atom. The van der Waals surface area contributed by atoms with Gasteiger partial charge < -0.3 is 9.66 Å². The van der Waals surface area contributed by atoms with E-state index in [1.54, 1.807) is 0 Å². The van der Waals surface area contributed by atoms with E-state index in [4.69, 9.17) is 0 Å². The van der Waals surface area contributed by atoms with Gasteiger partial charge in [0, 0.05) is 5.25 Å². The number of hydrogen-bond donors (Lipinski definition) is 1. The van der Waals surface area contributed by atoms with Crippen LogP contribution in [-0.2, 0) is 10.1 Å². The molecule has 2 unspecified atom stereocenters. The maximum atomic E-state index is 11.5. The largest absolute Gasteiger partial charge is 1.00 e. The number of rotatable bonds is 22. The summed E-state index contributed by atoms with van der Waals surface area (Å²) in [5.74, 6) is 0. The zero-order valence-corrected chi connectivity index (χ0v) is 23.2. The molecule has 0 amide bonds. The van der Waals surface area contributed by atoms with Crippen molar-refractivity contribution in [2.45, 2.75) is 154 Å². The summed E-state index contributed by atoms with van der Waals surface area (Å²) in [4.78, 5) is 0. The molecule has 0 aromatic heterocycles. The Balaban J connectivity index is 0. The second kappa shape index (κ2) is 23.0. The van der Waals surface area contributed by atoms with Crippen molar-refractivity contribution in [3.8, 4) is 0 Å². The van der Waals surface area contributed by atoms with Crippen LogP contribution < -0.4 is 29.6 Å². The van der Waals surface area contributed by atoms with Gasteiger partial charge >= 0.3 is 29.6 Å². The third-order valence-corrected chi connectivity index (χ3v) is 7.28. The maximum absolute atomic E-state index is 11.5. The van der Waals surface area contributed by atoms with Gasteiger partial charge in [-0.15, -0.1) is 0 Å². The van der Waals surface area contributed by atoms with Gasteiger partial charge in [0.05, 0.1) is 16.2 Å². The first kappa shape index (κ1) is 33.0. The Bertz CT molecular complexity index is 442. The fourth-order valence-electron chi connectivity index (χ4n) is 4.00. The van der Waals surface area contributed by atoms with Crippen LogP contribution in [0.3, 0.4) is 0 Å². The molecule has 0 rings (SSSR count). The van der Waals surface area contributed by atoms with Crippen molar-refractivity contribution in [2.24, 2.45) is 0 Å². The number of hydrogen-bond acceptors (Lipinski definition) is 4. The van der Waals surface area contributed by atoms with E-state index in [-0.39, 0.29) is 35.7 Å². The first-order valence-electron chi connectivity index (χ1n) is 12.5. The molecule has 0 bridgehead atoms. The molecular formula is C24H49NaO4S. The van der Waals surface area contributed by atoms with E-state index in [9.17, 15) is 18.1 Å². The van der Waals surface area contributed by atoms with Gasteiger partial charge in [0.25, 0.3) is 0 Å². The zero-order valence-electron chi connectivity index (χ0n) is 20.4. The molecule has 2 atom stereocenters. The Morgan fingerprint density at radius 1 is 0.600 bits per heavy atom. The molecule has 0 saturated carbocycles. The number of unbranched alkanes of at least 4 members (excludes halogenated alkanes) is 13. The monoisotopic (exact) mass is 456 g/mol. The van der Waals surface area contributed by atoms with E-state index in [0.717, 1.165) is 38.5 Å². The molecule has 0 aliphatic heterocycles. The summed E-state index contributed by atoms with van der Waals surface area (Å²) >= 11 is 0. The summed E-state index contributed by atoms with van der Waals surface area (Å²) in [6.45, 7) is 4.42. The molecule has 0 heterocycles. The van der Waals surface area contributed by atoms with Gasteiger partial charge in [-0.3, -0.25) is 0 Å².